The predicted octanol–water partition coefficient (Wildman–Crippen LogP) is 2.21. The lowest BCUT2D eigenvalue weighted by atomic mass is 10.1. The fraction of sp³-hybridized carbons (Fsp3) is 1.00. The molecule has 0 amide bonds. The molecule has 0 spiro atoms. The average molecular weight is 237 g/mol. The summed E-state index contributed by atoms with van der Waals surface area (Å²) in [6, 6.07) is 0. The minimum Gasteiger partial charge on any atom is -0.381 e. The summed E-state index contributed by atoms with van der Waals surface area (Å²) in [4.78, 5) is 0. The van der Waals surface area contributed by atoms with Crippen LogP contribution in [0.25, 0.3) is 0 Å². The van der Waals surface area contributed by atoms with E-state index in [-0.39, 0.29) is 0 Å². The van der Waals surface area contributed by atoms with E-state index in [1.165, 1.54) is 19.3 Å². The Labute approximate surface area is 82.7 Å². The molecule has 0 bridgehead atoms. The molecule has 1 heterocycles. The molecule has 1 unspecified atom stereocenters. The van der Waals surface area contributed by atoms with Gasteiger partial charge in [0, 0.05) is 24.5 Å². The largest absolute Gasteiger partial charge is 0.381 e. The maximum atomic E-state index is 5.52. The van der Waals surface area contributed by atoms with Crippen molar-refractivity contribution >= 4 is 15.9 Å². The van der Waals surface area contributed by atoms with Gasteiger partial charge in [-0.2, -0.15) is 0 Å². The van der Waals surface area contributed by atoms with Crippen LogP contribution in [-0.4, -0.2) is 31.8 Å². The molecule has 12 heavy (non-hydrogen) atoms. The SMILES string of the molecule is BrCCCCOCC1CCOC1. The predicted molar refractivity (Wildman–Crippen MR) is 52.8 cm³/mol. The molecule has 0 aromatic carbocycles. The summed E-state index contributed by atoms with van der Waals surface area (Å²) in [5.74, 6) is 0.661. The zero-order valence-electron chi connectivity index (χ0n) is 7.43. The van der Waals surface area contributed by atoms with Crippen LogP contribution in [-0.2, 0) is 9.47 Å². The molecule has 72 valence electrons. The molecule has 1 aliphatic rings. The smallest absolute Gasteiger partial charge is 0.0517 e. The summed E-state index contributed by atoms with van der Waals surface area (Å²) >= 11 is 3.39. The molecule has 1 fully saturated rings. The van der Waals surface area contributed by atoms with E-state index in [0.717, 1.165) is 31.8 Å². The van der Waals surface area contributed by atoms with Crippen molar-refractivity contribution in [1.29, 1.82) is 0 Å². The molecular formula is C9H17BrO2. The Morgan fingerprint density at radius 3 is 3.00 bits per heavy atom. The number of halogens is 1. The second-order valence-electron chi connectivity index (χ2n) is 3.20. The van der Waals surface area contributed by atoms with Crippen molar-refractivity contribution in [1.82, 2.24) is 0 Å². The topological polar surface area (TPSA) is 18.5 Å². The van der Waals surface area contributed by atoms with E-state index in [0.29, 0.717) is 5.92 Å². The van der Waals surface area contributed by atoms with Crippen LogP contribution in [0.3, 0.4) is 0 Å². The molecule has 0 aromatic heterocycles. The quantitative estimate of drug-likeness (QED) is 0.521. The number of hydrogen-bond donors (Lipinski definition) is 0. The summed E-state index contributed by atoms with van der Waals surface area (Å²) in [7, 11) is 0. The molecular weight excluding hydrogens is 220 g/mol. The average Bonchev–Trinajstić information content (AvgIpc) is 2.57. The van der Waals surface area contributed by atoms with Crippen LogP contribution >= 0.6 is 15.9 Å². The summed E-state index contributed by atoms with van der Waals surface area (Å²) < 4.78 is 10.8. The van der Waals surface area contributed by atoms with Crippen LogP contribution in [0.1, 0.15) is 19.3 Å². The van der Waals surface area contributed by atoms with Gasteiger partial charge in [0.15, 0.2) is 0 Å². The third-order valence-corrected chi connectivity index (χ3v) is 2.61. The molecule has 1 saturated heterocycles. The van der Waals surface area contributed by atoms with Crippen LogP contribution in [0.15, 0.2) is 0 Å². The van der Waals surface area contributed by atoms with Gasteiger partial charge in [-0.25, -0.2) is 0 Å². The van der Waals surface area contributed by atoms with Gasteiger partial charge in [-0.3, -0.25) is 0 Å². The lowest BCUT2D eigenvalue weighted by Gasteiger charge is -2.07. The van der Waals surface area contributed by atoms with Crippen LogP contribution in [0.4, 0.5) is 0 Å². The Hall–Kier alpha value is 0.400. The van der Waals surface area contributed by atoms with Gasteiger partial charge in [-0.05, 0) is 19.3 Å². The lowest BCUT2D eigenvalue weighted by Crippen LogP contribution is -2.09. The number of hydrogen-bond acceptors (Lipinski definition) is 2. The van der Waals surface area contributed by atoms with Gasteiger partial charge in [0.05, 0.1) is 13.2 Å². The van der Waals surface area contributed by atoms with Crippen molar-refractivity contribution in [2.45, 2.75) is 19.3 Å². The van der Waals surface area contributed by atoms with Crippen molar-refractivity contribution < 1.29 is 9.47 Å². The van der Waals surface area contributed by atoms with E-state index in [1.807, 2.05) is 0 Å². The molecule has 1 aliphatic heterocycles. The Balaban J connectivity index is 1.81. The molecule has 0 N–H and O–H groups in total. The molecule has 0 radical (unpaired) electrons. The molecule has 3 heteroatoms. The first-order valence-corrected chi connectivity index (χ1v) is 5.77. The molecule has 0 saturated carbocycles. The molecule has 0 aromatic rings. The third-order valence-electron chi connectivity index (χ3n) is 2.05. The number of rotatable bonds is 6. The van der Waals surface area contributed by atoms with E-state index in [2.05, 4.69) is 15.9 Å². The number of alkyl halides is 1. The number of unbranched alkanes of at least 4 members (excludes halogenated alkanes) is 1. The van der Waals surface area contributed by atoms with Crippen molar-refractivity contribution in [2.75, 3.05) is 31.8 Å². The van der Waals surface area contributed by atoms with E-state index >= 15 is 0 Å². The summed E-state index contributed by atoms with van der Waals surface area (Å²) in [5.41, 5.74) is 0. The van der Waals surface area contributed by atoms with Gasteiger partial charge in [-0.1, -0.05) is 15.9 Å². The maximum absolute atomic E-state index is 5.52. The van der Waals surface area contributed by atoms with E-state index in [1.54, 1.807) is 0 Å². The normalized spacial score (nSPS) is 23.2. The highest BCUT2D eigenvalue weighted by atomic mass is 79.9. The molecule has 0 aliphatic carbocycles. The maximum Gasteiger partial charge on any atom is 0.0517 e. The van der Waals surface area contributed by atoms with Crippen molar-refractivity contribution in [3.63, 3.8) is 0 Å². The fourth-order valence-electron chi connectivity index (χ4n) is 1.26. The highest BCUT2D eigenvalue weighted by molar-refractivity contribution is 9.09. The van der Waals surface area contributed by atoms with Gasteiger partial charge in [0.25, 0.3) is 0 Å². The minimum atomic E-state index is 0.661. The fourth-order valence-corrected chi connectivity index (χ4v) is 1.66. The zero-order valence-corrected chi connectivity index (χ0v) is 9.01. The molecule has 2 nitrogen and oxygen atoms in total. The first kappa shape index (κ1) is 10.5. The lowest BCUT2D eigenvalue weighted by molar-refractivity contribution is 0.0881. The second kappa shape index (κ2) is 6.87. The first-order valence-electron chi connectivity index (χ1n) is 4.65. The standard InChI is InChI=1S/C9H17BrO2/c10-4-1-2-5-11-7-9-3-6-12-8-9/h9H,1-8H2. The van der Waals surface area contributed by atoms with E-state index in [4.69, 9.17) is 9.47 Å². The molecule has 1 rings (SSSR count). The van der Waals surface area contributed by atoms with E-state index in [9.17, 15) is 0 Å². The second-order valence-corrected chi connectivity index (χ2v) is 3.99. The van der Waals surface area contributed by atoms with Crippen LogP contribution in [0.2, 0.25) is 0 Å². The van der Waals surface area contributed by atoms with Crippen molar-refractivity contribution in [3.05, 3.63) is 0 Å². The van der Waals surface area contributed by atoms with Crippen molar-refractivity contribution in [2.24, 2.45) is 5.92 Å². The monoisotopic (exact) mass is 236 g/mol. The Bertz CT molecular complexity index is 103. The Morgan fingerprint density at radius 1 is 1.42 bits per heavy atom. The van der Waals surface area contributed by atoms with Crippen molar-refractivity contribution in [3.8, 4) is 0 Å². The van der Waals surface area contributed by atoms with Gasteiger partial charge in [-0.15, -0.1) is 0 Å². The summed E-state index contributed by atoms with van der Waals surface area (Å²) in [5, 5.41) is 1.09. The highest BCUT2D eigenvalue weighted by Gasteiger charge is 2.14. The summed E-state index contributed by atoms with van der Waals surface area (Å²) in [6.07, 6.45) is 3.55. The summed E-state index contributed by atoms with van der Waals surface area (Å²) in [6.45, 7) is 3.62. The zero-order chi connectivity index (χ0) is 8.65. The number of ether oxygens (including phenoxy) is 2. The van der Waals surface area contributed by atoms with Gasteiger partial charge in [0.2, 0.25) is 0 Å². The Morgan fingerprint density at radius 2 is 2.33 bits per heavy atom. The van der Waals surface area contributed by atoms with Gasteiger partial charge >= 0.3 is 0 Å². The van der Waals surface area contributed by atoms with Crippen LogP contribution in [0.5, 0.6) is 0 Å². The highest BCUT2D eigenvalue weighted by Crippen LogP contribution is 2.12. The van der Waals surface area contributed by atoms with Gasteiger partial charge in [0.1, 0.15) is 0 Å². The van der Waals surface area contributed by atoms with Gasteiger partial charge < -0.3 is 9.47 Å². The van der Waals surface area contributed by atoms with Crippen LogP contribution in [0, 0.1) is 5.92 Å². The first-order chi connectivity index (χ1) is 5.93. The third kappa shape index (κ3) is 4.43. The minimum absolute atomic E-state index is 0.661. The Kier molecular flexibility index (Phi) is 6.00. The molecule has 1 atom stereocenters. The van der Waals surface area contributed by atoms with E-state index < -0.39 is 0 Å². The van der Waals surface area contributed by atoms with Crippen LogP contribution < -0.4 is 0 Å².